The molecule has 3 heterocycles. The van der Waals surface area contributed by atoms with Gasteiger partial charge in [-0.3, -0.25) is 29.6 Å². The summed E-state index contributed by atoms with van der Waals surface area (Å²) in [6.07, 6.45) is 3.87. The molecule has 1 aromatic heterocycles. The average Bonchev–Trinajstić information content (AvgIpc) is 2.75. The number of benzene rings is 1. The predicted octanol–water partition coefficient (Wildman–Crippen LogP) is 1.00. The number of anilines is 1. The van der Waals surface area contributed by atoms with Gasteiger partial charge in [-0.05, 0) is 12.5 Å². The molecule has 1 atom stereocenters. The summed E-state index contributed by atoms with van der Waals surface area (Å²) < 4.78 is 0. The fourth-order valence-electron chi connectivity index (χ4n) is 3.05. The number of nitrogens with one attached hydrogen (secondary N) is 1. The number of hydrogen-bond donors (Lipinski definition) is 1. The molecule has 21 heavy (non-hydrogen) atoms. The van der Waals surface area contributed by atoms with Crippen molar-refractivity contribution in [3.05, 3.63) is 36.2 Å². The molecule has 1 fully saturated rings. The highest BCUT2D eigenvalue weighted by atomic mass is 16.2. The molecule has 6 heteroatoms. The van der Waals surface area contributed by atoms with Gasteiger partial charge in [-0.1, -0.05) is 12.1 Å². The molecule has 6 nitrogen and oxygen atoms in total. The number of hydrogen-bond acceptors (Lipinski definition) is 4. The van der Waals surface area contributed by atoms with E-state index in [-0.39, 0.29) is 18.2 Å². The van der Waals surface area contributed by atoms with Gasteiger partial charge in [0.1, 0.15) is 6.04 Å². The van der Waals surface area contributed by atoms with E-state index in [9.17, 15) is 14.4 Å². The molecule has 0 aliphatic carbocycles. The first-order chi connectivity index (χ1) is 10.2. The SMILES string of the molecule is O=C1CCC(N2C(=O)c3cccc4cncc2c34)C(=O)N1. The summed E-state index contributed by atoms with van der Waals surface area (Å²) in [4.78, 5) is 41.6. The minimum atomic E-state index is -0.657. The maximum atomic E-state index is 12.6. The van der Waals surface area contributed by atoms with Gasteiger partial charge in [0.25, 0.3) is 5.91 Å². The fourth-order valence-corrected chi connectivity index (χ4v) is 3.05. The van der Waals surface area contributed by atoms with E-state index < -0.39 is 11.9 Å². The van der Waals surface area contributed by atoms with Crippen molar-refractivity contribution < 1.29 is 14.4 Å². The molecule has 1 saturated heterocycles. The number of nitrogens with zero attached hydrogens (tertiary/aromatic N) is 2. The Bertz CT molecular complexity index is 810. The van der Waals surface area contributed by atoms with Crippen LogP contribution in [0.2, 0.25) is 0 Å². The summed E-state index contributed by atoms with van der Waals surface area (Å²) >= 11 is 0. The minimum absolute atomic E-state index is 0.210. The molecule has 1 unspecified atom stereocenters. The summed E-state index contributed by atoms with van der Waals surface area (Å²) in [5.41, 5.74) is 1.22. The second-order valence-electron chi connectivity index (χ2n) is 5.20. The molecular weight excluding hydrogens is 270 g/mol. The molecule has 0 spiro atoms. The molecule has 2 aromatic rings. The van der Waals surface area contributed by atoms with Crippen LogP contribution in [0.5, 0.6) is 0 Å². The Morgan fingerprint density at radius 1 is 1.19 bits per heavy atom. The average molecular weight is 281 g/mol. The van der Waals surface area contributed by atoms with Crippen molar-refractivity contribution in [3.63, 3.8) is 0 Å². The number of carbonyl (C=O) groups excluding carboxylic acids is 3. The Hall–Kier alpha value is -2.76. The summed E-state index contributed by atoms with van der Waals surface area (Å²) in [7, 11) is 0. The quantitative estimate of drug-likeness (QED) is 0.791. The van der Waals surface area contributed by atoms with Gasteiger partial charge >= 0.3 is 0 Å². The number of aromatic nitrogens is 1. The van der Waals surface area contributed by atoms with Crippen molar-refractivity contribution in [2.24, 2.45) is 0 Å². The molecule has 2 aliphatic heterocycles. The van der Waals surface area contributed by atoms with E-state index in [0.717, 1.165) is 10.8 Å². The normalized spacial score (nSPS) is 21.0. The first-order valence-electron chi connectivity index (χ1n) is 6.71. The molecule has 1 N–H and O–H groups in total. The van der Waals surface area contributed by atoms with Crippen molar-refractivity contribution in [1.82, 2.24) is 10.3 Å². The lowest BCUT2D eigenvalue weighted by Crippen LogP contribution is -2.53. The Morgan fingerprint density at radius 2 is 2.05 bits per heavy atom. The van der Waals surface area contributed by atoms with Crippen molar-refractivity contribution in [1.29, 1.82) is 0 Å². The molecule has 104 valence electrons. The molecule has 4 rings (SSSR count). The highest BCUT2D eigenvalue weighted by Crippen LogP contribution is 2.38. The van der Waals surface area contributed by atoms with Gasteiger partial charge in [-0.25, -0.2) is 0 Å². The molecule has 1 aromatic carbocycles. The minimum Gasteiger partial charge on any atom is -0.295 e. The zero-order valence-electron chi connectivity index (χ0n) is 11.0. The van der Waals surface area contributed by atoms with Gasteiger partial charge in [0, 0.05) is 29.0 Å². The van der Waals surface area contributed by atoms with Crippen LogP contribution >= 0.6 is 0 Å². The largest absolute Gasteiger partial charge is 0.295 e. The third-order valence-electron chi connectivity index (χ3n) is 3.99. The summed E-state index contributed by atoms with van der Waals surface area (Å²) in [5.74, 6) is -0.931. The van der Waals surface area contributed by atoms with Crippen molar-refractivity contribution >= 4 is 34.2 Å². The first kappa shape index (κ1) is 12.0. The van der Waals surface area contributed by atoms with Gasteiger partial charge in [-0.2, -0.15) is 0 Å². The topological polar surface area (TPSA) is 79.4 Å². The zero-order valence-corrected chi connectivity index (χ0v) is 11.0. The highest BCUT2D eigenvalue weighted by Gasteiger charge is 2.40. The van der Waals surface area contributed by atoms with E-state index in [4.69, 9.17) is 0 Å². The number of amides is 3. The molecule has 3 amide bonds. The standard InChI is InChI=1S/C15H11N3O3/c19-12-5-4-10(14(20)17-12)18-11-7-16-6-8-2-1-3-9(13(8)11)15(18)21/h1-3,6-7,10H,4-5H2,(H,17,19,20). The number of pyridine rings is 1. The van der Waals surface area contributed by atoms with Gasteiger partial charge in [0.2, 0.25) is 11.8 Å². The molecule has 0 radical (unpaired) electrons. The van der Waals surface area contributed by atoms with Gasteiger partial charge in [0.15, 0.2) is 0 Å². The lowest BCUT2D eigenvalue weighted by Gasteiger charge is -2.29. The van der Waals surface area contributed by atoms with E-state index in [1.807, 2.05) is 6.07 Å². The lowest BCUT2D eigenvalue weighted by atomic mass is 10.0. The lowest BCUT2D eigenvalue weighted by molar-refractivity contribution is -0.134. The second kappa shape index (κ2) is 4.12. The second-order valence-corrected chi connectivity index (χ2v) is 5.20. The zero-order chi connectivity index (χ0) is 14.6. The van der Waals surface area contributed by atoms with Crippen LogP contribution in [-0.4, -0.2) is 28.7 Å². The molecule has 2 aliphatic rings. The third kappa shape index (κ3) is 1.59. The molecule has 0 bridgehead atoms. The Kier molecular flexibility index (Phi) is 2.35. The van der Waals surface area contributed by atoms with E-state index in [1.165, 1.54) is 4.90 Å². The van der Waals surface area contributed by atoms with E-state index in [2.05, 4.69) is 10.3 Å². The van der Waals surface area contributed by atoms with Crippen LogP contribution in [-0.2, 0) is 9.59 Å². The van der Waals surface area contributed by atoms with Gasteiger partial charge < -0.3 is 0 Å². The highest BCUT2D eigenvalue weighted by molar-refractivity contribution is 6.26. The van der Waals surface area contributed by atoms with Crippen LogP contribution in [0, 0.1) is 0 Å². The summed E-state index contributed by atoms with van der Waals surface area (Å²) in [6.45, 7) is 0. The summed E-state index contributed by atoms with van der Waals surface area (Å²) in [5, 5.41) is 3.98. The van der Waals surface area contributed by atoms with Crippen molar-refractivity contribution in [2.45, 2.75) is 18.9 Å². The van der Waals surface area contributed by atoms with Crippen LogP contribution in [0.1, 0.15) is 23.2 Å². The molecule has 0 saturated carbocycles. The maximum absolute atomic E-state index is 12.6. The predicted molar refractivity (Wildman–Crippen MR) is 74.7 cm³/mol. The Morgan fingerprint density at radius 3 is 2.86 bits per heavy atom. The van der Waals surface area contributed by atoms with E-state index in [0.29, 0.717) is 17.7 Å². The van der Waals surface area contributed by atoms with E-state index in [1.54, 1.807) is 24.5 Å². The van der Waals surface area contributed by atoms with Crippen molar-refractivity contribution in [2.75, 3.05) is 4.90 Å². The maximum Gasteiger partial charge on any atom is 0.259 e. The van der Waals surface area contributed by atoms with Crippen LogP contribution in [0.4, 0.5) is 5.69 Å². The van der Waals surface area contributed by atoms with Crippen LogP contribution in [0.3, 0.4) is 0 Å². The Labute approximate surface area is 119 Å². The van der Waals surface area contributed by atoms with Crippen LogP contribution in [0.25, 0.3) is 10.8 Å². The molecular formula is C15H11N3O3. The monoisotopic (exact) mass is 281 g/mol. The van der Waals surface area contributed by atoms with E-state index >= 15 is 0 Å². The number of imide groups is 1. The first-order valence-corrected chi connectivity index (χ1v) is 6.71. The van der Waals surface area contributed by atoms with Crippen molar-refractivity contribution in [3.8, 4) is 0 Å². The Balaban J connectivity index is 1.86. The number of carbonyl (C=O) groups is 3. The van der Waals surface area contributed by atoms with Crippen LogP contribution in [0.15, 0.2) is 30.6 Å². The van der Waals surface area contributed by atoms with Crippen LogP contribution < -0.4 is 10.2 Å². The number of piperidine rings is 1. The number of rotatable bonds is 1. The smallest absolute Gasteiger partial charge is 0.259 e. The van der Waals surface area contributed by atoms with Gasteiger partial charge in [0.05, 0.1) is 11.9 Å². The fraction of sp³-hybridized carbons (Fsp3) is 0.200. The third-order valence-corrected chi connectivity index (χ3v) is 3.99. The summed E-state index contributed by atoms with van der Waals surface area (Å²) in [6, 6.07) is 4.78. The van der Waals surface area contributed by atoms with Gasteiger partial charge in [-0.15, -0.1) is 0 Å².